The van der Waals surface area contributed by atoms with Crippen molar-refractivity contribution in [3.63, 3.8) is 0 Å². The van der Waals surface area contributed by atoms with Crippen molar-refractivity contribution in [1.82, 2.24) is 5.32 Å². The van der Waals surface area contributed by atoms with Gasteiger partial charge in [0, 0.05) is 13.2 Å². The Labute approximate surface area is 120 Å². The van der Waals surface area contributed by atoms with Crippen LogP contribution in [0.15, 0.2) is 0 Å². The average molecular weight is 306 g/mol. The minimum Gasteiger partial charge on any atom is -0.504 e. The second kappa shape index (κ2) is 8.76. The number of amides is 1. The SMILES string of the molecule is CCCO[Si](C)(C)CCCCNC(=O)O[Si](C)(C)C. The van der Waals surface area contributed by atoms with Crippen LogP contribution in [0.1, 0.15) is 26.2 Å². The highest BCUT2D eigenvalue weighted by atomic mass is 28.4. The Morgan fingerprint density at radius 3 is 2.26 bits per heavy atom. The van der Waals surface area contributed by atoms with E-state index in [4.69, 9.17) is 8.85 Å². The van der Waals surface area contributed by atoms with Gasteiger partial charge >= 0.3 is 6.09 Å². The third-order valence-corrected chi connectivity index (χ3v) is 5.91. The lowest BCUT2D eigenvalue weighted by Gasteiger charge is -2.22. The zero-order chi connectivity index (χ0) is 14.9. The molecule has 0 aromatic rings. The second-order valence-electron chi connectivity index (χ2n) is 6.49. The van der Waals surface area contributed by atoms with Crippen molar-refractivity contribution < 1.29 is 13.6 Å². The van der Waals surface area contributed by atoms with E-state index in [1.807, 2.05) is 19.6 Å². The molecular weight excluding hydrogens is 274 g/mol. The molecule has 4 nitrogen and oxygen atoms in total. The molecule has 0 aliphatic rings. The van der Waals surface area contributed by atoms with E-state index >= 15 is 0 Å². The van der Waals surface area contributed by atoms with E-state index in [-0.39, 0.29) is 6.09 Å². The largest absolute Gasteiger partial charge is 0.504 e. The van der Waals surface area contributed by atoms with Crippen molar-refractivity contribution >= 4 is 22.7 Å². The molecule has 0 heterocycles. The molecule has 0 unspecified atom stereocenters. The Balaban J connectivity index is 3.62. The molecule has 0 aromatic carbocycles. The van der Waals surface area contributed by atoms with Crippen LogP contribution in [0, 0.1) is 0 Å². The number of carbonyl (C=O) groups excluding carboxylic acids is 1. The maximum absolute atomic E-state index is 11.4. The molecule has 0 fully saturated rings. The second-order valence-corrected chi connectivity index (χ2v) is 15.2. The molecule has 0 rings (SSSR count). The summed E-state index contributed by atoms with van der Waals surface area (Å²) in [5.74, 6) is 0. The first-order valence-electron chi connectivity index (χ1n) is 7.27. The summed E-state index contributed by atoms with van der Waals surface area (Å²) in [5, 5.41) is 2.82. The normalized spacial score (nSPS) is 12.3. The van der Waals surface area contributed by atoms with Gasteiger partial charge in [-0.3, -0.25) is 0 Å². The Morgan fingerprint density at radius 2 is 1.74 bits per heavy atom. The van der Waals surface area contributed by atoms with Gasteiger partial charge in [0.05, 0.1) is 0 Å². The fourth-order valence-electron chi connectivity index (χ4n) is 1.63. The molecule has 0 radical (unpaired) electrons. The first kappa shape index (κ1) is 18.7. The molecule has 6 heteroatoms. The molecule has 0 aromatic heterocycles. The van der Waals surface area contributed by atoms with E-state index in [1.54, 1.807) is 0 Å². The van der Waals surface area contributed by atoms with Crippen LogP contribution in [-0.2, 0) is 8.85 Å². The summed E-state index contributed by atoms with van der Waals surface area (Å²) in [6.07, 6.45) is 2.92. The molecular formula is C13H31NO3Si2. The summed E-state index contributed by atoms with van der Waals surface area (Å²) in [6, 6.07) is 1.15. The topological polar surface area (TPSA) is 47.6 Å². The van der Waals surface area contributed by atoms with Crippen molar-refractivity contribution in [2.75, 3.05) is 13.2 Å². The van der Waals surface area contributed by atoms with Gasteiger partial charge in [-0.25, -0.2) is 4.79 Å². The molecule has 0 aliphatic heterocycles. The van der Waals surface area contributed by atoms with Gasteiger partial charge in [0.1, 0.15) is 0 Å². The molecule has 1 amide bonds. The number of hydrogen-bond acceptors (Lipinski definition) is 3. The Morgan fingerprint density at radius 1 is 1.11 bits per heavy atom. The molecule has 0 atom stereocenters. The van der Waals surface area contributed by atoms with Crippen LogP contribution in [-0.4, -0.2) is 35.9 Å². The smallest absolute Gasteiger partial charge is 0.393 e. The highest BCUT2D eigenvalue weighted by Gasteiger charge is 2.21. The number of hydrogen-bond donors (Lipinski definition) is 1. The molecule has 1 N–H and O–H groups in total. The van der Waals surface area contributed by atoms with Gasteiger partial charge in [0.15, 0.2) is 8.32 Å². The van der Waals surface area contributed by atoms with Crippen LogP contribution < -0.4 is 5.32 Å². The average Bonchev–Trinajstić information content (AvgIpc) is 2.23. The predicted molar refractivity (Wildman–Crippen MR) is 85.6 cm³/mol. The summed E-state index contributed by atoms with van der Waals surface area (Å²) in [4.78, 5) is 11.4. The van der Waals surface area contributed by atoms with Gasteiger partial charge in [0.25, 0.3) is 0 Å². The van der Waals surface area contributed by atoms with Crippen LogP contribution in [0.3, 0.4) is 0 Å². The first-order valence-corrected chi connectivity index (χ1v) is 13.8. The molecule has 0 saturated carbocycles. The van der Waals surface area contributed by atoms with Gasteiger partial charge < -0.3 is 14.2 Å². The van der Waals surface area contributed by atoms with Crippen molar-refractivity contribution in [2.45, 2.75) is 65.0 Å². The van der Waals surface area contributed by atoms with Crippen molar-refractivity contribution in [1.29, 1.82) is 0 Å². The number of nitrogens with one attached hydrogen (secondary N) is 1. The summed E-state index contributed by atoms with van der Waals surface area (Å²) in [6.45, 7) is 14.2. The van der Waals surface area contributed by atoms with Gasteiger partial charge in [-0.1, -0.05) is 13.3 Å². The molecule has 114 valence electrons. The van der Waals surface area contributed by atoms with Crippen LogP contribution in [0.5, 0.6) is 0 Å². The first-order chi connectivity index (χ1) is 8.66. The molecule has 0 bridgehead atoms. The van der Waals surface area contributed by atoms with Crippen molar-refractivity contribution in [3.8, 4) is 0 Å². The van der Waals surface area contributed by atoms with Crippen molar-refractivity contribution in [2.24, 2.45) is 0 Å². The lowest BCUT2D eigenvalue weighted by atomic mass is 10.3. The zero-order valence-electron chi connectivity index (χ0n) is 13.5. The van der Waals surface area contributed by atoms with Crippen LogP contribution in [0.2, 0.25) is 38.8 Å². The Hall–Kier alpha value is -0.336. The third-order valence-electron chi connectivity index (χ3n) is 2.57. The minimum absolute atomic E-state index is 0.266. The quantitative estimate of drug-likeness (QED) is 0.518. The minimum atomic E-state index is -1.76. The number of unbranched alkanes of at least 4 members (excludes halogenated alkanes) is 1. The maximum atomic E-state index is 11.4. The molecule has 0 saturated heterocycles. The van der Waals surface area contributed by atoms with E-state index in [9.17, 15) is 4.79 Å². The standard InChI is InChI=1S/C13H31NO3Si2/c1-7-11-16-19(5,6)12-9-8-10-14-13(15)17-18(2,3)4/h7-12H2,1-6H3,(H,14,15). The highest BCUT2D eigenvalue weighted by Crippen LogP contribution is 2.15. The summed E-state index contributed by atoms with van der Waals surface area (Å²) >= 11 is 0. The lowest BCUT2D eigenvalue weighted by Crippen LogP contribution is -2.36. The Kier molecular flexibility index (Phi) is 8.60. The Bertz CT molecular complexity index is 265. The third kappa shape index (κ3) is 12.4. The molecule has 0 aliphatic carbocycles. The van der Waals surface area contributed by atoms with Crippen LogP contribution in [0.25, 0.3) is 0 Å². The summed E-state index contributed by atoms with van der Waals surface area (Å²) < 4.78 is 11.2. The van der Waals surface area contributed by atoms with E-state index < -0.39 is 16.6 Å². The predicted octanol–water partition coefficient (Wildman–Crippen LogP) is 3.96. The fourth-order valence-corrected chi connectivity index (χ4v) is 4.26. The summed E-state index contributed by atoms with van der Waals surface area (Å²) in [5.41, 5.74) is 0. The monoisotopic (exact) mass is 305 g/mol. The van der Waals surface area contributed by atoms with E-state index in [0.29, 0.717) is 6.54 Å². The van der Waals surface area contributed by atoms with E-state index in [0.717, 1.165) is 31.9 Å². The van der Waals surface area contributed by atoms with Gasteiger partial charge in [0.2, 0.25) is 8.32 Å². The van der Waals surface area contributed by atoms with E-state index in [2.05, 4.69) is 25.3 Å². The van der Waals surface area contributed by atoms with Gasteiger partial charge in [-0.2, -0.15) is 0 Å². The van der Waals surface area contributed by atoms with Gasteiger partial charge in [-0.15, -0.1) is 0 Å². The van der Waals surface area contributed by atoms with Crippen LogP contribution >= 0.6 is 0 Å². The fraction of sp³-hybridized carbons (Fsp3) is 0.923. The van der Waals surface area contributed by atoms with Crippen LogP contribution in [0.4, 0.5) is 4.79 Å². The zero-order valence-corrected chi connectivity index (χ0v) is 15.5. The number of rotatable bonds is 9. The number of carbonyl (C=O) groups is 1. The van der Waals surface area contributed by atoms with Crippen molar-refractivity contribution in [3.05, 3.63) is 0 Å². The molecule has 19 heavy (non-hydrogen) atoms. The molecule has 0 spiro atoms. The lowest BCUT2D eigenvalue weighted by molar-refractivity contribution is 0.199. The van der Waals surface area contributed by atoms with Gasteiger partial charge in [-0.05, 0) is 51.6 Å². The summed E-state index contributed by atoms with van der Waals surface area (Å²) in [7, 11) is -3.24. The highest BCUT2D eigenvalue weighted by molar-refractivity contribution is 6.71. The maximum Gasteiger partial charge on any atom is 0.393 e. The van der Waals surface area contributed by atoms with E-state index in [1.165, 1.54) is 0 Å².